The lowest BCUT2D eigenvalue weighted by molar-refractivity contribution is -0.929. The van der Waals surface area contributed by atoms with Crippen molar-refractivity contribution in [1.82, 2.24) is 0 Å². The number of aliphatic carboxylic acids is 3. The summed E-state index contributed by atoms with van der Waals surface area (Å²) >= 11 is 0. The summed E-state index contributed by atoms with van der Waals surface area (Å²) in [5, 5.41) is 28.3. The highest BCUT2D eigenvalue weighted by Crippen LogP contribution is 2.22. The molecule has 0 bridgehead atoms. The predicted octanol–water partition coefficient (Wildman–Crippen LogP) is 8.95. The van der Waals surface area contributed by atoms with Crippen molar-refractivity contribution in [2.24, 2.45) is 17.8 Å². The Bertz CT molecular complexity index is 677. The highest BCUT2D eigenvalue weighted by atomic mass is 16.4. The Kier molecular flexibility index (Phi) is 24.4. The normalized spacial score (nSPS) is 15.3. The van der Waals surface area contributed by atoms with Gasteiger partial charge in [-0.25, -0.2) is 0 Å². The van der Waals surface area contributed by atoms with E-state index in [9.17, 15) is 29.7 Å². The average Bonchev–Trinajstić information content (AvgIpc) is 2.96. The van der Waals surface area contributed by atoms with E-state index in [2.05, 4.69) is 19.1 Å². The number of nitrogens with zero attached hydrogens (tertiary/aromatic N) is 1. The van der Waals surface area contributed by atoms with Crippen LogP contribution in [0.3, 0.4) is 0 Å². The van der Waals surface area contributed by atoms with E-state index in [-0.39, 0.29) is 0 Å². The first kappa shape index (κ1) is 40.1. The number of carboxylic acids is 3. The number of unbranched alkanes of at least 4 members (excludes halogenated alkanes) is 14. The molecule has 0 amide bonds. The van der Waals surface area contributed by atoms with Crippen molar-refractivity contribution in [3.63, 3.8) is 0 Å². The zero-order valence-corrected chi connectivity index (χ0v) is 27.7. The van der Waals surface area contributed by atoms with E-state index >= 15 is 0 Å². The number of hydrogen-bond donors (Lipinski definition) is 3. The van der Waals surface area contributed by atoms with Gasteiger partial charge in [0, 0.05) is 19.3 Å². The molecule has 0 saturated carbocycles. The number of rotatable bonds is 30. The standard InChI is InChI=1S/C35H65NO6/c1-5-6-7-8-9-10-11-12-13-14-15-16-17-18-19-20-21-22-26-36(27-23-30(2)33(37)38,28-24-31(3)34(39)40)29-25-32(4)35(41)42/h7-8,30-32H,5-6,9-29H2,1-4H3,(H2-,37,38,39,40,41,42)/p+1/b8-7+. The van der Waals surface area contributed by atoms with E-state index in [1.807, 2.05) is 0 Å². The number of quaternary nitrogens is 1. The molecule has 0 aliphatic rings. The second-order valence-electron chi connectivity index (χ2n) is 13.0. The van der Waals surface area contributed by atoms with E-state index in [1.54, 1.807) is 20.8 Å². The zero-order chi connectivity index (χ0) is 31.6. The summed E-state index contributed by atoms with van der Waals surface area (Å²) in [5.41, 5.74) is 0. The van der Waals surface area contributed by atoms with Crippen molar-refractivity contribution in [2.45, 2.75) is 150 Å². The van der Waals surface area contributed by atoms with Crippen LogP contribution in [-0.4, -0.2) is 63.9 Å². The third kappa shape index (κ3) is 21.8. The number of allylic oxidation sites excluding steroid dienone is 2. The van der Waals surface area contributed by atoms with Gasteiger partial charge in [0.05, 0.1) is 43.9 Å². The molecule has 7 nitrogen and oxygen atoms in total. The van der Waals surface area contributed by atoms with Gasteiger partial charge in [-0.15, -0.1) is 0 Å². The van der Waals surface area contributed by atoms with Crippen molar-refractivity contribution in [3.8, 4) is 0 Å². The Morgan fingerprint density at radius 2 is 0.810 bits per heavy atom. The molecule has 42 heavy (non-hydrogen) atoms. The van der Waals surface area contributed by atoms with Gasteiger partial charge in [0.25, 0.3) is 0 Å². The smallest absolute Gasteiger partial charge is 0.306 e. The van der Waals surface area contributed by atoms with Gasteiger partial charge < -0.3 is 19.8 Å². The van der Waals surface area contributed by atoms with Crippen LogP contribution in [0.25, 0.3) is 0 Å². The highest BCUT2D eigenvalue weighted by Gasteiger charge is 2.31. The largest absolute Gasteiger partial charge is 0.481 e. The van der Waals surface area contributed by atoms with Gasteiger partial charge in [-0.1, -0.05) is 110 Å². The fraction of sp³-hybridized carbons (Fsp3) is 0.857. The summed E-state index contributed by atoms with van der Waals surface area (Å²) in [7, 11) is 0. The number of carbonyl (C=O) groups is 3. The van der Waals surface area contributed by atoms with Crippen LogP contribution in [0.5, 0.6) is 0 Å². The molecular weight excluding hydrogens is 530 g/mol. The van der Waals surface area contributed by atoms with E-state index in [4.69, 9.17) is 0 Å². The van der Waals surface area contributed by atoms with Gasteiger partial charge in [0.15, 0.2) is 0 Å². The van der Waals surface area contributed by atoms with Crippen LogP contribution < -0.4 is 0 Å². The van der Waals surface area contributed by atoms with Crippen LogP contribution >= 0.6 is 0 Å². The second kappa shape index (κ2) is 25.6. The molecule has 3 unspecified atom stereocenters. The van der Waals surface area contributed by atoms with Gasteiger partial charge in [-0.05, 0) is 32.1 Å². The number of carboxylic acid groups (broad SMARTS) is 3. The molecule has 3 atom stereocenters. The van der Waals surface area contributed by atoms with Crippen LogP contribution in [0.2, 0.25) is 0 Å². The quantitative estimate of drug-likeness (QED) is 0.0433. The van der Waals surface area contributed by atoms with Crippen LogP contribution in [0, 0.1) is 17.8 Å². The maximum absolute atomic E-state index is 11.5. The Hall–Kier alpha value is -1.89. The monoisotopic (exact) mass is 596 g/mol. The molecule has 0 saturated heterocycles. The van der Waals surface area contributed by atoms with Crippen molar-refractivity contribution >= 4 is 17.9 Å². The molecule has 0 fully saturated rings. The molecule has 3 N–H and O–H groups in total. The lowest BCUT2D eigenvalue weighted by Gasteiger charge is -2.40. The summed E-state index contributed by atoms with van der Waals surface area (Å²) in [5.74, 6) is -3.90. The lowest BCUT2D eigenvalue weighted by atomic mass is 10.0. The van der Waals surface area contributed by atoms with Gasteiger partial charge in [0.2, 0.25) is 0 Å². The molecule has 246 valence electrons. The van der Waals surface area contributed by atoms with Gasteiger partial charge in [0.1, 0.15) is 0 Å². The van der Waals surface area contributed by atoms with Crippen LogP contribution in [0.15, 0.2) is 12.2 Å². The summed E-state index contributed by atoms with van der Waals surface area (Å²) < 4.78 is 0.614. The first-order valence-electron chi connectivity index (χ1n) is 17.2. The molecule has 0 aromatic carbocycles. The maximum atomic E-state index is 11.5. The third-order valence-corrected chi connectivity index (χ3v) is 9.00. The molecule has 0 aromatic heterocycles. The molecule has 0 heterocycles. The Morgan fingerprint density at radius 3 is 1.14 bits per heavy atom. The average molecular weight is 597 g/mol. The minimum absolute atomic E-state index is 0.478. The van der Waals surface area contributed by atoms with Crippen molar-refractivity contribution < 1.29 is 34.2 Å². The second-order valence-corrected chi connectivity index (χ2v) is 13.0. The van der Waals surface area contributed by atoms with Gasteiger partial charge in [-0.3, -0.25) is 14.4 Å². The van der Waals surface area contributed by atoms with E-state index < -0.39 is 35.7 Å². The van der Waals surface area contributed by atoms with Crippen molar-refractivity contribution in [2.75, 3.05) is 26.2 Å². The molecule has 0 aliphatic heterocycles. The minimum Gasteiger partial charge on any atom is -0.481 e. The van der Waals surface area contributed by atoms with E-state index in [1.165, 1.54) is 89.9 Å². The number of hydrogen-bond acceptors (Lipinski definition) is 3. The van der Waals surface area contributed by atoms with Gasteiger partial charge in [-0.2, -0.15) is 0 Å². The summed E-state index contributed by atoms with van der Waals surface area (Å²) in [4.78, 5) is 34.5. The molecular formula is C35H66NO6+. The van der Waals surface area contributed by atoms with Crippen molar-refractivity contribution in [3.05, 3.63) is 12.2 Å². The Morgan fingerprint density at radius 1 is 0.500 bits per heavy atom. The summed E-state index contributed by atoms with van der Waals surface area (Å²) in [6.07, 6.45) is 26.4. The molecule has 0 aromatic rings. The molecule has 7 heteroatoms. The fourth-order valence-electron chi connectivity index (χ4n) is 5.50. The molecule has 0 aliphatic carbocycles. The van der Waals surface area contributed by atoms with Crippen molar-refractivity contribution in [1.29, 1.82) is 0 Å². The SMILES string of the molecule is CCC/C=C/CCCCCCCCCCCCCCC[N+](CCC(C)C(=O)O)(CCC(C)C(=O)O)CCC(C)C(=O)O. The summed E-state index contributed by atoms with van der Waals surface area (Å²) in [6.45, 7) is 10.1. The maximum Gasteiger partial charge on any atom is 0.306 e. The Balaban J connectivity index is 4.49. The van der Waals surface area contributed by atoms with E-state index in [0.717, 1.165) is 19.4 Å². The Labute approximate surface area is 257 Å². The highest BCUT2D eigenvalue weighted by molar-refractivity contribution is 5.70. The van der Waals surface area contributed by atoms with Crippen LogP contribution in [0.4, 0.5) is 0 Å². The molecule has 0 radical (unpaired) electrons. The summed E-state index contributed by atoms with van der Waals surface area (Å²) in [6, 6.07) is 0. The zero-order valence-electron chi connectivity index (χ0n) is 27.7. The van der Waals surface area contributed by atoms with Crippen LogP contribution in [-0.2, 0) is 14.4 Å². The molecule has 0 rings (SSSR count). The topological polar surface area (TPSA) is 112 Å². The predicted molar refractivity (Wildman–Crippen MR) is 173 cm³/mol. The third-order valence-electron chi connectivity index (χ3n) is 9.00. The van der Waals surface area contributed by atoms with Crippen LogP contribution in [0.1, 0.15) is 150 Å². The molecule has 0 spiro atoms. The van der Waals surface area contributed by atoms with Gasteiger partial charge >= 0.3 is 17.9 Å². The minimum atomic E-state index is -0.822. The van der Waals surface area contributed by atoms with E-state index in [0.29, 0.717) is 43.4 Å². The first-order chi connectivity index (χ1) is 20.0. The first-order valence-corrected chi connectivity index (χ1v) is 17.2. The lowest BCUT2D eigenvalue weighted by Crippen LogP contribution is -2.52. The fourth-order valence-corrected chi connectivity index (χ4v) is 5.50.